The highest BCUT2D eigenvalue weighted by Gasteiger charge is 2.19. The molecular formula is C27H24F2N8O2. The van der Waals surface area contributed by atoms with Crippen molar-refractivity contribution in [3.05, 3.63) is 95.2 Å². The number of aliphatic hydroxyl groups excluding tert-OH is 1. The van der Waals surface area contributed by atoms with Gasteiger partial charge in [0.15, 0.2) is 28.8 Å². The van der Waals surface area contributed by atoms with Crippen molar-refractivity contribution in [3.8, 4) is 17.3 Å². The molecule has 12 heteroatoms. The molecule has 2 aromatic heterocycles. The van der Waals surface area contributed by atoms with Gasteiger partial charge in [-0.15, -0.1) is 0 Å². The number of rotatable bonds is 10. The summed E-state index contributed by atoms with van der Waals surface area (Å²) in [6.45, 7) is 2.30. The summed E-state index contributed by atoms with van der Waals surface area (Å²) in [6.07, 6.45) is 4.47. The van der Waals surface area contributed by atoms with E-state index in [0.29, 0.717) is 30.2 Å². The molecule has 0 aliphatic heterocycles. The van der Waals surface area contributed by atoms with Gasteiger partial charge in [0.2, 0.25) is 0 Å². The van der Waals surface area contributed by atoms with Crippen molar-refractivity contribution in [2.75, 3.05) is 23.8 Å². The van der Waals surface area contributed by atoms with Gasteiger partial charge in [-0.25, -0.2) is 23.7 Å². The van der Waals surface area contributed by atoms with E-state index in [2.05, 4.69) is 35.9 Å². The Bertz CT molecular complexity index is 1490. The number of nitrogens with zero attached hydrogens (tertiary/aromatic N) is 5. The average Bonchev–Trinajstić information content (AvgIpc) is 2.96. The molecule has 0 radical (unpaired) electrons. The van der Waals surface area contributed by atoms with Crippen molar-refractivity contribution in [1.29, 1.82) is 5.26 Å². The fourth-order valence-electron chi connectivity index (χ4n) is 3.59. The number of anilines is 2. The van der Waals surface area contributed by atoms with Crippen LogP contribution in [-0.2, 0) is 6.54 Å². The third-order valence-corrected chi connectivity index (χ3v) is 5.67. The van der Waals surface area contributed by atoms with Gasteiger partial charge in [-0.1, -0.05) is 30.3 Å². The quantitative estimate of drug-likeness (QED) is 0.241. The molecule has 0 aliphatic carbocycles. The van der Waals surface area contributed by atoms with Crippen LogP contribution in [0.1, 0.15) is 40.3 Å². The number of amides is 1. The molecule has 4 N–H and O–H groups in total. The molecule has 0 aliphatic rings. The fraction of sp³-hybridized carbons (Fsp3) is 0.185. The van der Waals surface area contributed by atoms with E-state index in [0.717, 1.165) is 23.3 Å². The van der Waals surface area contributed by atoms with Gasteiger partial charge in [0.1, 0.15) is 11.9 Å². The largest absolute Gasteiger partial charge is 0.395 e. The normalized spacial score (nSPS) is 11.4. The zero-order valence-corrected chi connectivity index (χ0v) is 20.8. The van der Waals surface area contributed by atoms with Gasteiger partial charge in [0, 0.05) is 18.7 Å². The van der Waals surface area contributed by atoms with Crippen molar-refractivity contribution >= 4 is 17.5 Å². The highest BCUT2D eigenvalue weighted by molar-refractivity contribution is 5.97. The molecule has 4 rings (SSSR count). The zero-order valence-electron chi connectivity index (χ0n) is 20.8. The summed E-state index contributed by atoms with van der Waals surface area (Å²) in [4.78, 5) is 29.9. The smallest absolute Gasteiger partial charge is 0.274 e. The van der Waals surface area contributed by atoms with Crippen LogP contribution in [0.5, 0.6) is 0 Å². The van der Waals surface area contributed by atoms with Crippen molar-refractivity contribution in [3.63, 3.8) is 0 Å². The van der Waals surface area contributed by atoms with E-state index in [1.54, 1.807) is 19.3 Å². The molecule has 1 atom stereocenters. The highest BCUT2D eigenvalue weighted by atomic mass is 19.2. The standard InChI is InChI=1S/C27H24F2N8O2/c1-16(19-6-7-21(28)22(29)10-19)36-27(39)25-26(35-13-20(11-30)37-25)34-12-17-2-4-18(5-3-17)23-14-33-24(15-32-23)31-8-9-38/h2-7,10,13-16,38H,8-9,12H2,1H3,(H,31,33)(H,34,35)(H,36,39)/t16-/m0/s1. The van der Waals surface area contributed by atoms with Crippen LogP contribution in [-0.4, -0.2) is 44.1 Å². The molecule has 2 heterocycles. The maximum absolute atomic E-state index is 13.6. The summed E-state index contributed by atoms with van der Waals surface area (Å²) in [6, 6.07) is 12.1. The minimum absolute atomic E-state index is 0.00448. The first-order valence-electron chi connectivity index (χ1n) is 11.9. The van der Waals surface area contributed by atoms with Crippen LogP contribution in [0.2, 0.25) is 0 Å². The second kappa shape index (κ2) is 12.5. The van der Waals surface area contributed by atoms with Gasteiger partial charge in [0.25, 0.3) is 5.91 Å². The predicted octanol–water partition coefficient (Wildman–Crippen LogP) is 3.59. The third kappa shape index (κ3) is 6.85. The molecule has 0 bridgehead atoms. The molecule has 198 valence electrons. The van der Waals surface area contributed by atoms with Gasteiger partial charge < -0.3 is 21.1 Å². The van der Waals surface area contributed by atoms with Gasteiger partial charge in [-0.2, -0.15) is 5.26 Å². The lowest BCUT2D eigenvalue weighted by Crippen LogP contribution is -2.29. The van der Waals surface area contributed by atoms with Gasteiger partial charge in [0.05, 0.1) is 36.9 Å². The summed E-state index contributed by atoms with van der Waals surface area (Å²) in [5.74, 6) is -1.92. The van der Waals surface area contributed by atoms with Crippen molar-refractivity contribution in [2.24, 2.45) is 0 Å². The first kappa shape index (κ1) is 27.0. The molecular weight excluding hydrogens is 506 g/mol. The summed E-state index contributed by atoms with van der Waals surface area (Å²) >= 11 is 0. The molecule has 2 aromatic carbocycles. The maximum atomic E-state index is 13.6. The minimum Gasteiger partial charge on any atom is -0.395 e. The first-order valence-corrected chi connectivity index (χ1v) is 11.9. The van der Waals surface area contributed by atoms with Gasteiger partial charge in [-0.3, -0.25) is 9.78 Å². The Labute approximate surface area is 222 Å². The van der Waals surface area contributed by atoms with E-state index >= 15 is 0 Å². The van der Waals surface area contributed by atoms with Crippen LogP contribution in [0.25, 0.3) is 11.3 Å². The topological polar surface area (TPSA) is 149 Å². The molecule has 0 saturated carbocycles. The number of benzene rings is 2. The molecule has 0 unspecified atom stereocenters. The Hall–Kier alpha value is -5.02. The Morgan fingerprint density at radius 1 is 1.03 bits per heavy atom. The number of aromatic nitrogens is 4. The maximum Gasteiger partial charge on any atom is 0.274 e. The van der Waals surface area contributed by atoms with Crippen LogP contribution in [0.3, 0.4) is 0 Å². The number of nitrogens with one attached hydrogen (secondary N) is 3. The summed E-state index contributed by atoms with van der Waals surface area (Å²) in [5.41, 5.74) is 2.61. The van der Waals surface area contributed by atoms with Gasteiger partial charge >= 0.3 is 0 Å². The van der Waals surface area contributed by atoms with Crippen LogP contribution in [0.4, 0.5) is 20.4 Å². The summed E-state index contributed by atoms with van der Waals surface area (Å²) in [5, 5.41) is 26.8. The lowest BCUT2D eigenvalue weighted by Gasteiger charge is -2.16. The number of aliphatic hydroxyl groups is 1. The molecule has 1 amide bonds. The van der Waals surface area contributed by atoms with Crippen molar-refractivity contribution in [2.45, 2.75) is 19.5 Å². The van der Waals surface area contributed by atoms with E-state index in [1.165, 1.54) is 12.3 Å². The molecule has 0 spiro atoms. The van der Waals surface area contributed by atoms with Crippen LogP contribution < -0.4 is 16.0 Å². The van der Waals surface area contributed by atoms with Crippen LogP contribution in [0.15, 0.2) is 61.1 Å². The zero-order chi connectivity index (χ0) is 27.8. The van der Waals surface area contributed by atoms with Gasteiger partial charge in [-0.05, 0) is 30.2 Å². The SMILES string of the molecule is C[C@H](NC(=O)c1nc(C#N)cnc1NCc1ccc(-c2cnc(NCCO)cn2)cc1)c1ccc(F)c(F)c1. The van der Waals surface area contributed by atoms with E-state index in [1.807, 2.05) is 30.3 Å². The van der Waals surface area contributed by atoms with Crippen molar-refractivity contribution < 1.29 is 18.7 Å². The van der Waals surface area contributed by atoms with E-state index in [9.17, 15) is 18.8 Å². The fourth-order valence-corrected chi connectivity index (χ4v) is 3.59. The number of hydrogen-bond acceptors (Lipinski definition) is 9. The second-order valence-corrected chi connectivity index (χ2v) is 8.42. The monoisotopic (exact) mass is 530 g/mol. The Morgan fingerprint density at radius 2 is 1.82 bits per heavy atom. The lowest BCUT2D eigenvalue weighted by molar-refractivity contribution is 0.0935. The van der Waals surface area contributed by atoms with E-state index < -0.39 is 23.6 Å². The number of nitriles is 1. The average molecular weight is 531 g/mol. The van der Waals surface area contributed by atoms with Crippen LogP contribution >= 0.6 is 0 Å². The van der Waals surface area contributed by atoms with E-state index in [4.69, 9.17) is 5.11 Å². The number of carbonyl (C=O) groups excluding carboxylic acids is 1. The lowest BCUT2D eigenvalue weighted by atomic mass is 10.1. The molecule has 4 aromatic rings. The Balaban J connectivity index is 1.44. The van der Waals surface area contributed by atoms with Crippen molar-refractivity contribution in [1.82, 2.24) is 25.3 Å². The molecule has 10 nitrogen and oxygen atoms in total. The number of carbonyl (C=O) groups is 1. The molecule has 0 fully saturated rings. The Morgan fingerprint density at radius 3 is 2.49 bits per heavy atom. The highest BCUT2D eigenvalue weighted by Crippen LogP contribution is 2.20. The van der Waals surface area contributed by atoms with E-state index in [-0.39, 0.29) is 23.8 Å². The third-order valence-electron chi connectivity index (χ3n) is 5.67. The Kier molecular flexibility index (Phi) is 8.65. The number of hydrogen-bond donors (Lipinski definition) is 4. The number of halogens is 2. The summed E-state index contributed by atoms with van der Waals surface area (Å²) < 4.78 is 26.9. The predicted molar refractivity (Wildman–Crippen MR) is 139 cm³/mol. The minimum atomic E-state index is -1.02. The van der Waals surface area contributed by atoms with Crippen LogP contribution in [0, 0.1) is 23.0 Å². The second-order valence-electron chi connectivity index (χ2n) is 8.42. The first-order chi connectivity index (χ1) is 18.9. The summed E-state index contributed by atoms with van der Waals surface area (Å²) in [7, 11) is 0. The molecule has 0 saturated heterocycles. The molecule has 39 heavy (non-hydrogen) atoms.